The number of nitrogens with zero attached hydrogens (tertiary/aromatic N) is 1. The number of hydrogen-bond donors (Lipinski definition) is 3. The standard InChI is InChI=1S/C6H9N3O2/c1-2-7-4-5(10)8-3-9-6(4)11/h3,7H,2H2,1H3,(H2,8,9,10,11). The third-order valence-corrected chi connectivity index (χ3v) is 1.19. The summed E-state index contributed by atoms with van der Waals surface area (Å²) in [6, 6.07) is 0. The van der Waals surface area contributed by atoms with Crippen molar-refractivity contribution >= 4 is 5.69 Å². The lowest BCUT2D eigenvalue weighted by Gasteiger charge is -2.01. The molecule has 11 heavy (non-hydrogen) atoms. The second-order valence-electron chi connectivity index (χ2n) is 1.96. The van der Waals surface area contributed by atoms with Gasteiger partial charge in [-0.15, -0.1) is 0 Å². The van der Waals surface area contributed by atoms with Gasteiger partial charge in [0.2, 0.25) is 5.88 Å². The predicted molar refractivity (Wildman–Crippen MR) is 40.7 cm³/mol. The number of anilines is 1. The van der Waals surface area contributed by atoms with E-state index in [1.165, 1.54) is 0 Å². The minimum atomic E-state index is -0.362. The van der Waals surface area contributed by atoms with Crippen LogP contribution in [0.25, 0.3) is 0 Å². The molecular formula is C6H9N3O2. The van der Waals surface area contributed by atoms with Crippen molar-refractivity contribution in [2.75, 3.05) is 11.9 Å². The largest absolute Gasteiger partial charge is 0.492 e. The Bertz CT molecular complexity index is 294. The molecule has 0 aliphatic heterocycles. The average molecular weight is 155 g/mol. The highest BCUT2D eigenvalue weighted by Gasteiger charge is 2.03. The maximum atomic E-state index is 10.9. The minimum absolute atomic E-state index is 0.120. The first kappa shape index (κ1) is 7.59. The van der Waals surface area contributed by atoms with Gasteiger partial charge < -0.3 is 15.4 Å². The molecule has 0 bridgehead atoms. The predicted octanol–water partition coefficient (Wildman–Crippen LogP) is -0.0927. The van der Waals surface area contributed by atoms with Crippen molar-refractivity contribution < 1.29 is 5.11 Å². The Morgan fingerprint density at radius 3 is 3.09 bits per heavy atom. The highest BCUT2D eigenvalue weighted by molar-refractivity contribution is 5.48. The Hall–Kier alpha value is -1.52. The molecule has 0 aromatic carbocycles. The van der Waals surface area contributed by atoms with Gasteiger partial charge in [0.1, 0.15) is 0 Å². The molecule has 0 radical (unpaired) electrons. The zero-order chi connectivity index (χ0) is 8.27. The fraction of sp³-hybridized carbons (Fsp3) is 0.333. The van der Waals surface area contributed by atoms with Crippen LogP contribution < -0.4 is 10.9 Å². The van der Waals surface area contributed by atoms with Crippen LogP contribution in [0.15, 0.2) is 11.1 Å². The minimum Gasteiger partial charge on any atom is -0.492 e. The van der Waals surface area contributed by atoms with Gasteiger partial charge in [-0.05, 0) is 6.92 Å². The van der Waals surface area contributed by atoms with Gasteiger partial charge in [-0.1, -0.05) is 0 Å². The third kappa shape index (κ3) is 1.49. The highest BCUT2D eigenvalue weighted by Crippen LogP contribution is 2.10. The van der Waals surface area contributed by atoms with Gasteiger partial charge in [0, 0.05) is 6.54 Å². The fourth-order valence-electron chi connectivity index (χ4n) is 0.726. The Morgan fingerprint density at radius 2 is 2.55 bits per heavy atom. The summed E-state index contributed by atoms with van der Waals surface area (Å²) in [5, 5.41) is 11.7. The van der Waals surface area contributed by atoms with Gasteiger partial charge in [0.05, 0.1) is 6.33 Å². The van der Waals surface area contributed by atoms with Gasteiger partial charge in [-0.25, -0.2) is 4.98 Å². The Labute approximate surface area is 63.1 Å². The van der Waals surface area contributed by atoms with E-state index in [1.807, 2.05) is 6.92 Å². The van der Waals surface area contributed by atoms with Crippen LogP contribution in [0.1, 0.15) is 6.92 Å². The van der Waals surface area contributed by atoms with Crippen molar-refractivity contribution in [2.24, 2.45) is 0 Å². The van der Waals surface area contributed by atoms with Gasteiger partial charge in [0.25, 0.3) is 5.56 Å². The second-order valence-corrected chi connectivity index (χ2v) is 1.96. The summed E-state index contributed by atoms with van der Waals surface area (Å²) in [4.78, 5) is 16.7. The summed E-state index contributed by atoms with van der Waals surface area (Å²) in [5.74, 6) is -0.268. The summed E-state index contributed by atoms with van der Waals surface area (Å²) in [5.41, 5.74) is -0.241. The van der Waals surface area contributed by atoms with E-state index in [2.05, 4.69) is 15.3 Å². The molecular weight excluding hydrogens is 146 g/mol. The number of hydrogen-bond acceptors (Lipinski definition) is 4. The van der Waals surface area contributed by atoms with Crippen molar-refractivity contribution in [3.8, 4) is 5.88 Å². The summed E-state index contributed by atoms with van der Waals surface area (Å²) in [7, 11) is 0. The number of rotatable bonds is 2. The molecule has 0 atom stereocenters. The van der Waals surface area contributed by atoms with Crippen molar-refractivity contribution in [1.82, 2.24) is 9.97 Å². The first-order valence-electron chi connectivity index (χ1n) is 3.26. The van der Waals surface area contributed by atoms with Crippen LogP contribution in [0.2, 0.25) is 0 Å². The molecule has 60 valence electrons. The molecule has 1 aromatic rings. The van der Waals surface area contributed by atoms with E-state index in [0.717, 1.165) is 6.33 Å². The molecule has 0 unspecified atom stereocenters. The molecule has 3 N–H and O–H groups in total. The lowest BCUT2D eigenvalue weighted by atomic mass is 10.5. The van der Waals surface area contributed by atoms with Crippen LogP contribution in [0, 0.1) is 0 Å². The normalized spacial score (nSPS) is 9.55. The van der Waals surface area contributed by atoms with Crippen LogP contribution in [-0.2, 0) is 0 Å². The lowest BCUT2D eigenvalue weighted by molar-refractivity contribution is 0.453. The molecule has 0 fully saturated rings. The second kappa shape index (κ2) is 3.05. The molecule has 1 aromatic heterocycles. The van der Waals surface area contributed by atoms with Gasteiger partial charge in [-0.3, -0.25) is 4.79 Å². The van der Waals surface area contributed by atoms with E-state index in [0.29, 0.717) is 6.54 Å². The quantitative estimate of drug-likeness (QED) is 0.557. The number of aromatic amines is 1. The summed E-state index contributed by atoms with van der Waals surface area (Å²) >= 11 is 0. The maximum Gasteiger partial charge on any atom is 0.278 e. The smallest absolute Gasteiger partial charge is 0.278 e. The third-order valence-electron chi connectivity index (χ3n) is 1.19. The molecule has 0 aliphatic carbocycles. The number of aromatic hydroxyl groups is 1. The lowest BCUT2D eigenvalue weighted by Crippen LogP contribution is -2.14. The molecule has 5 heteroatoms. The van der Waals surface area contributed by atoms with Crippen LogP contribution in [0.4, 0.5) is 5.69 Å². The Balaban J connectivity index is 3.10. The van der Waals surface area contributed by atoms with Crippen molar-refractivity contribution in [2.45, 2.75) is 6.92 Å². The average Bonchev–Trinajstić information content (AvgIpc) is 1.97. The van der Waals surface area contributed by atoms with Crippen molar-refractivity contribution in [3.63, 3.8) is 0 Å². The number of H-pyrrole nitrogens is 1. The molecule has 0 amide bonds. The van der Waals surface area contributed by atoms with Crippen LogP contribution in [0.3, 0.4) is 0 Å². The van der Waals surface area contributed by atoms with Crippen molar-refractivity contribution in [1.29, 1.82) is 0 Å². The Kier molecular flexibility index (Phi) is 2.10. The van der Waals surface area contributed by atoms with E-state index < -0.39 is 0 Å². The first-order valence-corrected chi connectivity index (χ1v) is 3.26. The van der Waals surface area contributed by atoms with Gasteiger partial charge in [0.15, 0.2) is 5.69 Å². The molecule has 0 spiro atoms. The first-order chi connectivity index (χ1) is 5.25. The van der Waals surface area contributed by atoms with Gasteiger partial charge in [-0.2, -0.15) is 0 Å². The molecule has 5 nitrogen and oxygen atoms in total. The molecule has 0 saturated heterocycles. The zero-order valence-electron chi connectivity index (χ0n) is 6.09. The van der Waals surface area contributed by atoms with E-state index in [9.17, 15) is 4.79 Å². The Morgan fingerprint density at radius 1 is 1.82 bits per heavy atom. The number of nitrogens with one attached hydrogen (secondary N) is 2. The number of aromatic nitrogens is 2. The fourth-order valence-corrected chi connectivity index (χ4v) is 0.726. The van der Waals surface area contributed by atoms with Gasteiger partial charge >= 0.3 is 0 Å². The molecule has 1 rings (SSSR count). The topological polar surface area (TPSA) is 78.0 Å². The van der Waals surface area contributed by atoms with Crippen LogP contribution >= 0.6 is 0 Å². The zero-order valence-corrected chi connectivity index (χ0v) is 6.09. The monoisotopic (exact) mass is 155 g/mol. The van der Waals surface area contributed by atoms with Crippen molar-refractivity contribution in [3.05, 3.63) is 16.7 Å². The molecule has 1 heterocycles. The molecule has 0 saturated carbocycles. The SMILES string of the molecule is CCNc1c(O)nc[nH]c1=O. The summed E-state index contributed by atoms with van der Waals surface area (Å²) < 4.78 is 0. The van der Waals surface area contributed by atoms with E-state index >= 15 is 0 Å². The van der Waals surface area contributed by atoms with Crippen LogP contribution in [-0.4, -0.2) is 21.6 Å². The van der Waals surface area contributed by atoms with E-state index in [-0.39, 0.29) is 17.1 Å². The highest BCUT2D eigenvalue weighted by atomic mass is 16.3. The summed E-state index contributed by atoms with van der Waals surface area (Å²) in [6.07, 6.45) is 1.15. The summed E-state index contributed by atoms with van der Waals surface area (Å²) in [6.45, 7) is 2.40. The van der Waals surface area contributed by atoms with E-state index in [4.69, 9.17) is 5.11 Å². The molecule has 0 aliphatic rings. The maximum absolute atomic E-state index is 10.9. The van der Waals surface area contributed by atoms with E-state index in [1.54, 1.807) is 0 Å². The van der Waals surface area contributed by atoms with Crippen LogP contribution in [0.5, 0.6) is 5.88 Å².